The van der Waals surface area contributed by atoms with Gasteiger partial charge >= 0.3 is 0 Å². The van der Waals surface area contributed by atoms with Gasteiger partial charge in [-0.3, -0.25) is 4.98 Å². The van der Waals surface area contributed by atoms with Gasteiger partial charge in [0.25, 0.3) is 0 Å². The standard InChI is InChI=1S/C23H21N/c1-2-3-4-5-12-22-18-19(16-17-24-22)14-15-21-11-8-10-20-9-6-7-13-23(20)21/h2-11,13-18H,12H2,1H3/b3-2-,5-4-,15-14+. The van der Waals surface area contributed by atoms with Crippen LogP contribution in [0, 0.1) is 0 Å². The molecule has 24 heavy (non-hydrogen) atoms. The normalized spacial score (nSPS) is 12.0. The minimum atomic E-state index is 0.848. The number of benzene rings is 2. The van der Waals surface area contributed by atoms with Crippen LogP contribution < -0.4 is 0 Å². The first kappa shape index (κ1) is 15.9. The first-order chi connectivity index (χ1) is 11.9. The highest BCUT2D eigenvalue weighted by Gasteiger charge is 1.97. The lowest BCUT2D eigenvalue weighted by atomic mass is 10.0. The van der Waals surface area contributed by atoms with E-state index >= 15 is 0 Å². The number of nitrogens with zero attached hydrogens (tertiary/aromatic N) is 1. The summed E-state index contributed by atoms with van der Waals surface area (Å²) in [6.07, 6.45) is 15.3. The molecular weight excluding hydrogens is 290 g/mol. The van der Waals surface area contributed by atoms with Crippen molar-refractivity contribution in [2.75, 3.05) is 0 Å². The molecule has 0 saturated heterocycles. The smallest absolute Gasteiger partial charge is 0.0447 e. The van der Waals surface area contributed by atoms with E-state index in [2.05, 4.69) is 77.8 Å². The summed E-state index contributed by atoms with van der Waals surface area (Å²) in [4.78, 5) is 4.43. The summed E-state index contributed by atoms with van der Waals surface area (Å²) in [5.41, 5.74) is 3.49. The molecule has 0 aliphatic carbocycles. The number of pyridine rings is 1. The third kappa shape index (κ3) is 4.08. The average molecular weight is 311 g/mol. The number of hydrogen-bond donors (Lipinski definition) is 0. The molecule has 2 aromatic carbocycles. The van der Waals surface area contributed by atoms with E-state index < -0.39 is 0 Å². The zero-order valence-corrected chi connectivity index (χ0v) is 13.9. The van der Waals surface area contributed by atoms with Crippen LogP contribution in [0.4, 0.5) is 0 Å². The minimum Gasteiger partial charge on any atom is -0.261 e. The SMILES string of the molecule is C/C=C\C=C/Cc1cc(/C=C/c2cccc3ccccc23)ccn1. The fourth-order valence-electron chi connectivity index (χ4n) is 2.67. The van der Waals surface area contributed by atoms with E-state index in [1.807, 2.05) is 31.3 Å². The van der Waals surface area contributed by atoms with Gasteiger partial charge in [-0.25, -0.2) is 0 Å². The lowest BCUT2D eigenvalue weighted by molar-refractivity contribution is 1.11. The van der Waals surface area contributed by atoms with Crippen LogP contribution in [0.3, 0.4) is 0 Å². The Labute approximate surface area is 143 Å². The van der Waals surface area contributed by atoms with E-state index in [1.165, 1.54) is 21.9 Å². The molecule has 0 atom stereocenters. The van der Waals surface area contributed by atoms with Crippen LogP contribution in [0.1, 0.15) is 23.7 Å². The van der Waals surface area contributed by atoms with Crippen LogP contribution in [-0.4, -0.2) is 4.98 Å². The molecule has 0 saturated carbocycles. The second kappa shape index (κ2) is 8.07. The lowest BCUT2D eigenvalue weighted by Crippen LogP contribution is -1.87. The van der Waals surface area contributed by atoms with Crippen LogP contribution >= 0.6 is 0 Å². The molecule has 0 radical (unpaired) electrons. The van der Waals surface area contributed by atoms with E-state index in [0.29, 0.717) is 0 Å². The Morgan fingerprint density at radius 2 is 1.79 bits per heavy atom. The van der Waals surface area contributed by atoms with Gasteiger partial charge in [-0.2, -0.15) is 0 Å². The van der Waals surface area contributed by atoms with E-state index in [0.717, 1.165) is 12.1 Å². The van der Waals surface area contributed by atoms with Crippen molar-refractivity contribution in [3.63, 3.8) is 0 Å². The van der Waals surface area contributed by atoms with Crippen molar-refractivity contribution in [1.29, 1.82) is 0 Å². The average Bonchev–Trinajstić information content (AvgIpc) is 2.64. The van der Waals surface area contributed by atoms with Gasteiger partial charge in [0.15, 0.2) is 0 Å². The number of allylic oxidation sites excluding steroid dienone is 4. The number of hydrogen-bond acceptors (Lipinski definition) is 1. The summed E-state index contributed by atoms with van der Waals surface area (Å²) in [7, 11) is 0. The highest BCUT2D eigenvalue weighted by molar-refractivity contribution is 5.92. The number of aromatic nitrogens is 1. The lowest BCUT2D eigenvalue weighted by Gasteiger charge is -2.02. The van der Waals surface area contributed by atoms with Gasteiger partial charge < -0.3 is 0 Å². The molecule has 0 fully saturated rings. The predicted molar refractivity (Wildman–Crippen MR) is 105 cm³/mol. The van der Waals surface area contributed by atoms with Crippen LogP contribution in [0.25, 0.3) is 22.9 Å². The van der Waals surface area contributed by atoms with E-state index in [1.54, 1.807) is 0 Å². The largest absolute Gasteiger partial charge is 0.261 e. The summed E-state index contributed by atoms with van der Waals surface area (Å²) >= 11 is 0. The van der Waals surface area contributed by atoms with Crippen molar-refractivity contribution in [3.05, 3.63) is 102 Å². The second-order valence-corrected chi connectivity index (χ2v) is 5.64. The van der Waals surface area contributed by atoms with Crippen molar-refractivity contribution in [2.24, 2.45) is 0 Å². The first-order valence-corrected chi connectivity index (χ1v) is 8.25. The maximum atomic E-state index is 4.43. The summed E-state index contributed by atoms with van der Waals surface area (Å²) in [5.74, 6) is 0. The van der Waals surface area contributed by atoms with Crippen molar-refractivity contribution < 1.29 is 0 Å². The molecule has 3 rings (SSSR count). The number of fused-ring (bicyclic) bond motifs is 1. The topological polar surface area (TPSA) is 12.9 Å². The summed E-state index contributed by atoms with van der Waals surface area (Å²) in [5, 5.41) is 2.55. The van der Waals surface area contributed by atoms with Crippen LogP contribution in [0.2, 0.25) is 0 Å². The molecular formula is C23H21N. The zero-order chi connectivity index (χ0) is 16.6. The van der Waals surface area contributed by atoms with Gasteiger partial charge in [-0.15, -0.1) is 0 Å². The predicted octanol–water partition coefficient (Wildman–Crippen LogP) is 6.08. The Morgan fingerprint density at radius 3 is 2.71 bits per heavy atom. The van der Waals surface area contributed by atoms with Crippen LogP contribution in [0.5, 0.6) is 0 Å². The molecule has 0 aliphatic heterocycles. The summed E-state index contributed by atoms with van der Waals surface area (Å²) in [6, 6.07) is 19.1. The maximum absolute atomic E-state index is 4.43. The quantitative estimate of drug-likeness (QED) is 0.520. The Morgan fingerprint density at radius 1 is 0.917 bits per heavy atom. The molecule has 118 valence electrons. The van der Waals surface area contributed by atoms with Crippen molar-refractivity contribution in [3.8, 4) is 0 Å². The minimum absolute atomic E-state index is 0.848. The maximum Gasteiger partial charge on any atom is 0.0447 e. The van der Waals surface area contributed by atoms with Crippen molar-refractivity contribution in [2.45, 2.75) is 13.3 Å². The number of rotatable bonds is 5. The Balaban J connectivity index is 1.81. The third-order valence-corrected chi connectivity index (χ3v) is 3.89. The Kier molecular flexibility index (Phi) is 5.36. The molecule has 1 heterocycles. The zero-order valence-electron chi connectivity index (χ0n) is 13.9. The molecule has 1 aromatic heterocycles. The van der Waals surface area contributed by atoms with Gasteiger partial charge in [-0.1, -0.05) is 78.9 Å². The third-order valence-electron chi connectivity index (χ3n) is 3.89. The van der Waals surface area contributed by atoms with Crippen molar-refractivity contribution >= 4 is 22.9 Å². The fraction of sp³-hybridized carbons (Fsp3) is 0.0870. The molecule has 0 N–H and O–H groups in total. The molecule has 1 heteroatoms. The van der Waals surface area contributed by atoms with Gasteiger partial charge in [0.05, 0.1) is 0 Å². The molecule has 0 aliphatic rings. The second-order valence-electron chi connectivity index (χ2n) is 5.64. The Bertz CT molecular complexity index is 895. The summed E-state index contributed by atoms with van der Waals surface area (Å²) < 4.78 is 0. The van der Waals surface area contributed by atoms with E-state index in [4.69, 9.17) is 0 Å². The Hall–Kier alpha value is -2.93. The fourth-order valence-corrected chi connectivity index (χ4v) is 2.67. The molecule has 0 amide bonds. The van der Waals surface area contributed by atoms with Gasteiger partial charge in [0, 0.05) is 18.3 Å². The van der Waals surface area contributed by atoms with E-state index in [-0.39, 0.29) is 0 Å². The molecule has 1 nitrogen and oxygen atoms in total. The monoisotopic (exact) mass is 311 g/mol. The van der Waals surface area contributed by atoms with Gasteiger partial charge in [0.1, 0.15) is 0 Å². The molecule has 3 aromatic rings. The van der Waals surface area contributed by atoms with Crippen molar-refractivity contribution in [1.82, 2.24) is 4.98 Å². The molecule has 0 unspecified atom stereocenters. The van der Waals surface area contributed by atoms with Crippen LogP contribution in [0.15, 0.2) is 85.1 Å². The van der Waals surface area contributed by atoms with E-state index in [9.17, 15) is 0 Å². The van der Waals surface area contributed by atoms with Gasteiger partial charge in [0.2, 0.25) is 0 Å². The molecule has 0 spiro atoms. The first-order valence-electron chi connectivity index (χ1n) is 8.25. The molecule has 0 bridgehead atoms. The van der Waals surface area contributed by atoms with Gasteiger partial charge in [-0.05, 0) is 41.0 Å². The van der Waals surface area contributed by atoms with Crippen LogP contribution in [-0.2, 0) is 6.42 Å². The highest BCUT2D eigenvalue weighted by atomic mass is 14.7. The highest BCUT2D eigenvalue weighted by Crippen LogP contribution is 2.20. The summed E-state index contributed by atoms with van der Waals surface area (Å²) in [6.45, 7) is 2.02.